The van der Waals surface area contributed by atoms with Gasteiger partial charge in [0.15, 0.2) is 0 Å². The Kier molecular flexibility index (Phi) is 4.91. The lowest BCUT2D eigenvalue weighted by molar-refractivity contribution is -0.160. The van der Waals surface area contributed by atoms with Crippen molar-refractivity contribution in [2.24, 2.45) is 0 Å². The van der Waals surface area contributed by atoms with Crippen molar-refractivity contribution in [2.45, 2.75) is 11.7 Å². The zero-order valence-electron chi connectivity index (χ0n) is 10.1. The van der Waals surface area contributed by atoms with Crippen LogP contribution in [0.25, 0.3) is 0 Å². The van der Waals surface area contributed by atoms with Crippen LogP contribution in [0.4, 0.5) is 32.0 Å². The van der Waals surface area contributed by atoms with E-state index in [1.54, 1.807) is 0 Å². The molecule has 0 N–H and O–H groups in total. The summed E-state index contributed by atoms with van der Waals surface area (Å²) >= 11 is 0. The molecule has 1 atom stereocenters. The number of carbonyl (C=O) groups excluding carboxylic acids is 1. The van der Waals surface area contributed by atoms with Crippen LogP contribution < -0.4 is 3.71 Å². The van der Waals surface area contributed by atoms with Gasteiger partial charge in [-0.25, -0.2) is 4.21 Å². The molecule has 0 heterocycles. The molecule has 0 spiro atoms. The first kappa shape index (κ1) is 18.4. The van der Waals surface area contributed by atoms with Crippen molar-refractivity contribution >= 4 is 31.8 Å². The third kappa shape index (κ3) is 3.58. The zero-order chi connectivity index (χ0) is 17.3. The van der Waals surface area contributed by atoms with Crippen molar-refractivity contribution in [1.29, 1.82) is 0 Å². The fraction of sp³-hybridized carbons (Fsp3) is 0.222. The predicted molar refractivity (Wildman–Crippen MR) is 63.1 cm³/mol. The summed E-state index contributed by atoms with van der Waals surface area (Å²) < 4.78 is 107. The Morgan fingerprint density at radius 3 is 1.82 bits per heavy atom. The highest BCUT2D eigenvalue weighted by molar-refractivity contribution is 8.14. The van der Waals surface area contributed by atoms with Crippen molar-refractivity contribution in [3.63, 3.8) is 0 Å². The van der Waals surface area contributed by atoms with Crippen LogP contribution in [0.3, 0.4) is 0 Å². The van der Waals surface area contributed by atoms with Crippen LogP contribution >= 0.6 is 0 Å². The number of sulfonamides is 1. The van der Waals surface area contributed by atoms with E-state index in [-0.39, 0.29) is 0 Å². The third-order valence-corrected chi connectivity index (χ3v) is 5.31. The molecule has 1 rings (SSSR count). The van der Waals surface area contributed by atoms with Crippen molar-refractivity contribution in [2.75, 3.05) is 3.71 Å². The van der Waals surface area contributed by atoms with Gasteiger partial charge in [0.2, 0.25) is 11.0 Å². The van der Waals surface area contributed by atoms with Gasteiger partial charge in [-0.3, -0.25) is 4.79 Å². The summed E-state index contributed by atoms with van der Waals surface area (Å²) in [5, 5.41) is -3.14. The van der Waals surface area contributed by atoms with E-state index in [0.717, 1.165) is 12.1 Å². The molecule has 0 fully saturated rings. The fourth-order valence-corrected chi connectivity index (χ4v) is 3.56. The molecule has 0 bridgehead atoms. The molecule has 0 aliphatic rings. The van der Waals surface area contributed by atoms with Gasteiger partial charge < -0.3 is 0 Å². The van der Waals surface area contributed by atoms with E-state index in [1.807, 2.05) is 0 Å². The number of carbonyl (C=O) groups is 1. The number of halogens is 6. The summed E-state index contributed by atoms with van der Waals surface area (Å²) in [7, 11) is -10.7. The Morgan fingerprint density at radius 1 is 1.00 bits per heavy atom. The van der Waals surface area contributed by atoms with Gasteiger partial charge in [-0.1, -0.05) is 18.2 Å². The van der Waals surface area contributed by atoms with Gasteiger partial charge in [-0.2, -0.15) is 38.5 Å². The quantitative estimate of drug-likeness (QED) is 0.765. The summed E-state index contributed by atoms with van der Waals surface area (Å²) in [5.41, 5.74) is -7.06. The van der Waals surface area contributed by atoms with Crippen LogP contribution in [-0.4, -0.2) is 29.4 Å². The number of hydrogen-bond acceptors (Lipinski definition) is 4. The molecule has 5 nitrogen and oxygen atoms in total. The average molecular weight is 369 g/mol. The Morgan fingerprint density at radius 2 is 1.45 bits per heavy atom. The number of hydrogen-bond donors (Lipinski definition) is 0. The van der Waals surface area contributed by atoms with E-state index in [2.05, 4.69) is 0 Å². The minimum absolute atomic E-state index is 0.658. The Hall–Kier alpha value is -1.63. The molecule has 13 heteroatoms. The highest BCUT2D eigenvalue weighted by atomic mass is 32.3. The van der Waals surface area contributed by atoms with Crippen molar-refractivity contribution in [3.8, 4) is 0 Å². The summed E-state index contributed by atoms with van der Waals surface area (Å²) in [6.07, 6.45) is -5.78. The first-order valence-electron chi connectivity index (χ1n) is 5.00. The first-order valence-corrected chi connectivity index (χ1v) is 7.54. The number of alkyl halides is 6. The molecule has 0 aliphatic heterocycles. The summed E-state index contributed by atoms with van der Waals surface area (Å²) in [6.45, 7) is 0. The second-order valence-corrected chi connectivity index (χ2v) is 6.79. The molecule has 1 aromatic rings. The van der Waals surface area contributed by atoms with Gasteiger partial charge in [-0.05, 0) is 12.1 Å². The number of para-hydroxylation sites is 1. The maximum absolute atomic E-state index is 12.5. The van der Waals surface area contributed by atoms with E-state index in [0.29, 0.717) is 12.1 Å². The topological polar surface area (TPSA) is 71.5 Å². The van der Waals surface area contributed by atoms with E-state index >= 15 is 0 Å². The molecule has 124 valence electrons. The molecule has 1 aromatic carbocycles. The van der Waals surface area contributed by atoms with Gasteiger partial charge in [0.25, 0.3) is 0 Å². The van der Waals surface area contributed by atoms with Gasteiger partial charge in [0.05, 0.1) is 5.69 Å². The lowest BCUT2D eigenvalue weighted by atomic mass is 10.3. The number of nitrogens with zero attached hydrogens (tertiary/aromatic N) is 1. The summed E-state index contributed by atoms with van der Waals surface area (Å²) in [5.74, 6) is 0. The number of anilines is 1. The molecule has 0 saturated heterocycles. The number of rotatable bonds is 3. The fourth-order valence-electron chi connectivity index (χ4n) is 1.14. The maximum Gasteiger partial charge on any atom is 0.517 e. The molecule has 0 amide bonds. The Labute approximate surface area is 122 Å². The molecular weight excluding hydrogens is 364 g/mol. The summed E-state index contributed by atoms with van der Waals surface area (Å²) in [4.78, 5) is 10.9. The first-order chi connectivity index (χ1) is 9.80. The van der Waals surface area contributed by atoms with Gasteiger partial charge in [0, 0.05) is 0 Å². The van der Waals surface area contributed by atoms with E-state index < -0.39 is 47.2 Å². The van der Waals surface area contributed by atoms with Crippen LogP contribution in [0, 0.1) is 0 Å². The largest absolute Gasteiger partial charge is 0.517 e. The van der Waals surface area contributed by atoms with Crippen LogP contribution in [0.1, 0.15) is 0 Å². The molecule has 0 aliphatic carbocycles. The lowest BCUT2D eigenvalue weighted by Crippen LogP contribution is -2.46. The molecule has 0 radical (unpaired) electrons. The number of benzene rings is 1. The average Bonchev–Trinajstić information content (AvgIpc) is 2.36. The minimum atomic E-state index is -6.48. The van der Waals surface area contributed by atoms with Crippen molar-refractivity contribution in [1.82, 2.24) is 0 Å². The van der Waals surface area contributed by atoms with E-state index in [9.17, 15) is 43.8 Å². The van der Waals surface area contributed by atoms with E-state index in [4.69, 9.17) is 0 Å². The summed E-state index contributed by atoms with van der Waals surface area (Å²) in [6, 6.07) is 4.51. The van der Waals surface area contributed by atoms with Crippen LogP contribution in [0.15, 0.2) is 30.3 Å². The third-order valence-electron chi connectivity index (χ3n) is 2.02. The van der Waals surface area contributed by atoms with Crippen molar-refractivity contribution < 1.29 is 43.8 Å². The monoisotopic (exact) mass is 369 g/mol. The highest BCUT2D eigenvalue weighted by Gasteiger charge is 2.56. The normalized spacial score (nSPS) is 14.5. The smallest absolute Gasteiger partial charge is 0.272 e. The molecule has 0 saturated carbocycles. The highest BCUT2D eigenvalue weighted by Crippen LogP contribution is 2.33. The molecule has 1 unspecified atom stereocenters. The lowest BCUT2D eigenvalue weighted by Gasteiger charge is -2.23. The van der Waals surface area contributed by atoms with Gasteiger partial charge in [-0.15, -0.1) is 0 Å². The van der Waals surface area contributed by atoms with Crippen LogP contribution in [0.5, 0.6) is 0 Å². The van der Waals surface area contributed by atoms with Gasteiger partial charge >= 0.3 is 26.8 Å². The molecular formula is C9H5F6NO4S2. The van der Waals surface area contributed by atoms with Gasteiger partial charge in [0.1, 0.15) is 0 Å². The second-order valence-electron chi connectivity index (χ2n) is 3.55. The van der Waals surface area contributed by atoms with Crippen LogP contribution in [-0.2, 0) is 25.8 Å². The molecule has 0 aromatic heterocycles. The second kappa shape index (κ2) is 5.87. The van der Waals surface area contributed by atoms with Crippen LogP contribution in [0.2, 0.25) is 0 Å². The maximum atomic E-state index is 12.5. The SMILES string of the molecule is O=C(S(=O)N(c1ccccc1)S(=O)(=O)C(F)(F)F)C(F)(F)F. The zero-order valence-corrected chi connectivity index (χ0v) is 11.7. The minimum Gasteiger partial charge on any atom is -0.272 e. The van der Waals surface area contributed by atoms with Crippen molar-refractivity contribution in [3.05, 3.63) is 30.3 Å². The predicted octanol–water partition coefficient (Wildman–Crippen LogP) is 2.10. The molecule has 22 heavy (non-hydrogen) atoms. The standard InChI is InChI=1S/C9H5F6NO4S2/c10-8(11,12)7(17)21(18)16(6-4-2-1-3-5-6)22(19,20)9(13,14)15/h1-5H. The Balaban J connectivity index is 3.51. The Bertz CT molecular complexity index is 682. The van der Waals surface area contributed by atoms with E-state index in [1.165, 1.54) is 6.07 Å².